The molecule has 0 fully saturated rings. The molecule has 9 nitrogen and oxygen atoms in total. The van der Waals surface area contributed by atoms with Crippen LogP contribution in [-0.2, 0) is 9.13 Å². The zero-order chi connectivity index (χ0) is 14.0. The van der Waals surface area contributed by atoms with Gasteiger partial charge in [-0.1, -0.05) is 0 Å². The normalized spacial score (nSPS) is 9.24. The second-order valence-corrected chi connectivity index (χ2v) is 3.85. The van der Waals surface area contributed by atoms with Gasteiger partial charge in [-0.25, -0.2) is 0 Å². The Hall–Kier alpha value is 0.180. The van der Waals surface area contributed by atoms with Crippen LogP contribution in [0, 0.1) is 0 Å². The average molecular weight is 348 g/mol. The van der Waals surface area contributed by atoms with Gasteiger partial charge in [0, 0.05) is 0 Å². The van der Waals surface area contributed by atoms with Gasteiger partial charge in [0.1, 0.15) is 0 Å². The van der Waals surface area contributed by atoms with E-state index in [4.69, 9.17) is 63.5 Å². The van der Waals surface area contributed by atoms with Gasteiger partial charge in [0.25, 0.3) is 0 Å². The molecule has 0 aromatic carbocycles. The summed E-state index contributed by atoms with van der Waals surface area (Å²) < 4.78 is 17.5. The van der Waals surface area contributed by atoms with Gasteiger partial charge in [-0.15, -0.1) is 0 Å². The maximum atomic E-state index is 8.74. The van der Waals surface area contributed by atoms with Crippen LogP contribution in [0.4, 0.5) is 0 Å². The molecule has 14 heteroatoms. The third kappa shape index (κ3) is 21.9. The first-order chi connectivity index (χ1) is 7.65. The van der Waals surface area contributed by atoms with E-state index in [2.05, 4.69) is 15.0 Å². The van der Waals surface area contributed by atoms with Gasteiger partial charge in [0.05, 0.1) is 0 Å². The zero-order valence-corrected chi connectivity index (χ0v) is 11.8. The summed E-state index contributed by atoms with van der Waals surface area (Å²) in [6.45, 7) is 0. The van der Waals surface area contributed by atoms with Crippen LogP contribution in [0.3, 0.4) is 0 Å². The molecule has 0 spiro atoms. The first-order valence-electron chi connectivity index (χ1n) is 3.21. The fourth-order valence-electron chi connectivity index (χ4n) is 0.303. The maximum Gasteiger partial charge on any atom is 0.314 e. The van der Waals surface area contributed by atoms with E-state index in [1.54, 1.807) is 0 Å². The molecule has 0 bridgehead atoms. The summed E-state index contributed by atoms with van der Waals surface area (Å²) in [5.41, 5.74) is 0. The van der Waals surface area contributed by atoms with Gasteiger partial charge < -0.3 is 19.6 Å². The van der Waals surface area contributed by atoms with E-state index >= 15 is 0 Å². The van der Waals surface area contributed by atoms with Crippen molar-refractivity contribution >= 4 is 51.3 Å². The van der Waals surface area contributed by atoms with Crippen LogP contribution in [0.2, 0.25) is 15.9 Å². The van der Waals surface area contributed by atoms with Crippen LogP contribution in [0.5, 0.6) is 0 Å². The summed E-state index contributed by atoms with van der Waals surface area (Å²) in [7, 11) is -6.26. The molecule has 1 rings (SSSR count). The molecule has 0 saturated carbocycles. The molecular formula is C3H6Cl3N3O6P2. The molecule has 17 heavy (non-hydrogen) atoms. The Morgan fingerprint density at radius 2 is 0.824 bits per heavy atom. The molecule has 0 aliphatic carbocycles. The van der Waals surface area contributed by atoms with Crippen molar-refractivity contribution in [1.82, 2.24) is 15.0 Å². The molecule has 0 unspecified atom stereocenters. The van der Waals surface area contributed by atoms with Crippen molar-refractivity contribution in [2.45, 2.75) is 0 Å². The Labute approximate surface area is 111 Å². The second kappa shape index (κ2) is 11.3. The Morgan fingerprint density at radius 3 is 0.941 bits per heavy atom. The van der Waals surface area contributed by atoms with E-state index < -0.39 is 16.5 Å². The number of rotatable bonds is 0. The van der Waals surface area contributed by atoms with Crippen molar-refractivity contribution < 1.29 is 28.7 Å². The predicted molar refractivity (Wildman–Crippen MR) is 61.7 cm³/mol. The molecule has 100 valence electrons. The van der Waals surface area contributed by atoms with Crippen LogP contribution in [-0.4, -0.2) is 34.5 Å². The zero-order valence-electron chi connectivity index (χ0n) is 7.58. The topological polar surface area (TPSA) is 154 Å². The number of nitrogens with zero attached hydrogens (tertiary/aromatic N) is 3. The van der Waals surface area contributed by atoms with E-state index in [-0.39, 0.29) is 15.9 Å². The summed E-state index contributed by atoms with van der Waals surface area (Å²) >= 11 is 16.0. The summed E-state index contributed by atoms with van der Waals surface area (Å²) in [5, 5.41) is 0.00000000000000178. The SMILES string of the molecule is Clc1nc(Cl)nc(Cl)n1.O=[PH](O)O.O=[PH](O)O. The summed E-state index contributed by atoms with van der Waals surface area (Å²) in [4.78, 5) is 39.0. The molecule has 0 aliphatic heterocycles. The summed E-state index contributed by atoms with van der Waals surface area (Å²) in [5.74, 6) is 0. The van der Waals surface area contributed by atoms with Crippen LogP contribution in [0.1, 0.15) is 0 Å². The lowest BCUT2D eigenvalue weighted by Crippen LogP contribution is -1.87. The lowest BCUT2D eigenvalue weighted by atomic mass is 11.1. The third-order valence-corrected chi connectivity index (χ3v) is 1.06. The van der Waals surface area contributed by atoms with Gasteiger partial charge in [0.15, 0.2) is 0 Å². The van der Waals surface area contributed by atoms with Gasteiger partial charge in [-0.05, 0) is 34.8 Å². The van der Waals surface area contributed by atoms with E-state index in [1.807, 2.05) is 0 Å². The molecule has 1 aromatic heterocycles. The first kappa shape index (κ1) is 19.5. The maximum absolute atomic E-state index is 8.74. The second-order valence-electron chi connectivity index (χ2n) is 1.71. The van der Waals surface area contributed by atoms with Crippen molar-refractivity contribution in [3.05, 3.63) is 15.9 Å². The molecule has 4 N–H and O–H groups in total. The number of aromatic nitrogens is 3. The van der Waals surface area contributed by atoms with E-state index in [0.29, 0.717) is 0 Å². The van der Waals surface area contributed by atoms with Crippen molar-refractivity contribution in [3.63, 3.8) is 0 Å². The lowest BCUT2D eigenvalue weighted by molar-refractivity contribution is 0.403. The average Bonchev–Trinajstić information content (AvgIpc) is 1.96. The smallest absolute Gasteiger partial charge is 0.314 e. The third-order valence-electron chi connectivity index (χ3n) is 0.554. The minimum atomic E-state index is -3.13. The van der Waals surface area contributed by atoms with Gasteiger partial charge in [-0.2, -0.15) is 15.0 Å². The minimum absolute atomic E-state index is 0.000000000000000444. The standard InChI is InChI=1S/C3Cl3N3.2H3O3P/c4-1-7-2(5)9-3(6)8-1;2*1-4(2)3/h;2*4H,(H2,1,2,3). The van der Waals surface area contributed by atoms with Gasteiger partial charge >= 0.3 is 16.5 Å². The highest BCUT2D eigenvalue weighted by Crippen LogP contribution is 2.08. The summed E-state index contributed by atoms with van der Waals surface area (Å²) in [6, 6.07) is 0. The van der Waals surface area contributed by atoms with Crippen molar-refractivity contribution in [2.24, 2.45) is 0 Å². The van der Waals surface area contributed by atoms with E-state index in [0.717, 1.165) is 0 Å². The van der Waals surface area contributed by atoms with E-state index in [9.17, 15) is 0 Å². The minimum Gasteiger partial charge on any atom is -0.326 e. The fraction of sp³-hybridized carbons (Fsp3) is 0. The quantitative estimate of drug-likeness (QED) is 0.492. The predicted octanol–water partition coefficient (Wildman–Crippen LogP) is 0.553. The monoisotopic (exact) mass is 347 g/mol. The van der Waals surface area contributed by atoms with Gasteiger partial charge in [0.2, 0.25) is 15.9 Å². The van der Waals surface area contributed by atoms with Crippen LogP contribution < -0.4 is 0 Å². The van der Waals surface area contributed by atoms with E-state index in [1.165, 1.54) is 0 Å². The Morgan fingerprint density at radius 1 is 0.706 bits per heavy atom. The molecule has 1 aromatic rings. The highest BCUT2D eigenvalue weighted by Gasteiger charge is 1.97. The Kier molecular flexibility index (Phi) is 13.0. The number of hydrogen-bond acceptors (Lipinski definition) is 5. The molecule has 0 amide bonds. The first-order valence-corrected chi connectivity index (χ1v) is 6.95. The highest BCUT2D eigenvalue weighted by molar-refractivity contribution is 7.31. The Bertz CT molecular complexity index is 324. The van der Waals surface area contributed by atoms with Crippen molar-refractivity contribution in [3.8, 4) is 0 Å². The van der Waals surface area contributed by atoms with Gasteiger partial charge in [-0.3, -0.25) is 9.13 Å². The van der Waals surface area contributed by atoms with Crippen LogP contribution in [0.25, 0.3) is 0 Å². The molecule has 0 saturated heterocycles. The molecule has 0 radical (unpaired) electrons. The molecular weight excluding hydrogens is 342 g/mol. The number of halogens is 3. The van der Waals surface area contributed by atoms with Crippen molar-refractivity contribution in [1.29, 1.82) is 0 Å². The molecule has 0 atom stereocenters. The fourth-order valence-corrected chi connectivity index (χ4v) is 0.913. The molecule has 0 aliphatic rings. The Balaban J connectivity index is 0. The summed E-state index contributed by atoms with van der Waals surface area (Å²) in [6.07, 6.45) is 0. The van der Waals surface area contributed by atoms with Crippen LogP contribution in [0.15, 0.2) is 0 Å². The lowest BCUT2D eigenvalue weighted by Gasteiger charge is -1.88. The highest BCUT2D eigenvalue weighted by atomic mass is 35.5. The molecule has 1 heterocycles. The largest absolute Gasteiger partial charge is 0.326 e. The number of hydrogen-bond donors (Lipinski definition) is 4. The van der Waals surface area contributed by atoms with Crippen LogP contribution >= 0.6 is 51.3 Å². The van der Waals surface area contributed by atoms with Crippen molar-refractivity contribution in [2.75, 3.05) is 0 Å².